The third-order valence-corrected chi connectivity index (χ3v) is 2.73. The summed E-state index contributed by atoms with van der Waals surface area (Å²) >= 11 is 0. The van der Waals surface area contributed by atoms with Gasteiger partial charge in [-0.1, -0.05) is 38.5 Å². The van der Waals surface area contributed by atoms with Crippen LogP contribution in [-0.2, 0) is 0 Å². The summed E-state index contributed by atoms with van der Waals surface area (Å²) in [7, 11) is 0. The van der Waals surface area contributed by atoms with Crippen molar-refractivity contribution in [2.24, 2.45) is 11.7 Å². The molecule has 1 atom stereocenters. The van der Waals surface area contributed by atoms with E-state index in [1.54, 1.807) is 0 Å². The molecule has 0 bridgehead atoms. The molecule has 1 aliphatic rings. The first kappa shape index (κ1) is 9.54. The van der Waals surface area contributed by atoms with Crippen molar-refractivity contribution < 1.29 is 0 Å². The minimum atomic E-state index is -0.229. The van der Waals surface area contributed by atoms with Gasteiger partial charge in [-0.2, -0.15) is 5.26 Å². The molecule has 1 unspecified atom stereocenters. The highest BCUT2D eigenvalue weighted by Crippen LogP contribution is 2.25. The van der Waals surface area contributed by atoms with E-state index in [0.717, 1.165) is 12.3 Å². The third-order valence-electron chi connectivity index (χ3n) is 2.73. The van der Waals surface area contributed by atoms with Gasteiger partial charge >= 0.3 is 0 Å². The lowest BCUT2D eigenvalue weighted by molar-refractivity contribution is 0.413. The Bertz CT molecular complexity index is 152. The molecule has 0 aromatic rings. The summed E-state index contributed by atoms with van der Waals surface area (Å²) in [6.07, 6.45) is 8.91. The van der Waals surface area contributed by atoms with Crippen molar-refractivity contribution in [3.05, 3.63) is 0 Å². The van der Waals surface area contributed by atoms with Crippen molar-refractivity contribution in [2.45, 2.75) is 51.0 Å². The quantitative estimate of drug-likeness (QED) is 0.639. The van der Waals surface area contributed by atoms with Gasteiger partial charge in [0.1, 0.15) is 0 Å². The Hall–Kier alpha value is -0.550. The molecule has 2 heteroatoms. The predicted molar refractivity (Wildman–Crippen MR) is 49.4 cm³/mol. The van der Waals surface area contributed by atoms with Crippen LogP contribution in [0.5, 0.6) is 0 Å². The van der Waals surface area contributed by atoms with Gasteiger partial charge in [-0.05, 0) is 12.3 Å². The Labute approximate surface area is 74.8 Å². The summed E-state index contributed by atoms with van der Waals surface area (Å²) < 4.78 is 0. The van der Waals surface area contributed by atoms with Crippen LogP contribution in [0, 0.1) is 17.2 Å². The van der Waals surface area contributed by atoms with Gasteiger partial charge in [0.2, 0.25) is 0 Å². The van der Waals surface area contributed by atoms with E-state index in [4.69, 9.17) is 11.0 Å². The SMILES string of the molecule is N#CC(N)CC1CCCCCC1. The maximum atomic E-state index is 8.56. The molecule has 1 rings (SSSR count). The monoisotopic (exact) mass is 166 g/mol. The molecule has 0 amide bonds. The average molecular weight is 166 g/mol. The highest BCUT2D eigenvalue weighted by molar-refractivity contribution is 4.88. The maximum absolute atomic E-state index is 8.56. The van der Waals surface area contributed by atoms with Gasteiger partial charge in [0.15, 0.2) is 0 Å². The molecule has 0 heterocycles. The van der Waals surface area contributed by atoms with E-state index in [-0.39, 0.29) is 6.04 Å². The number of nitrogens with two attached hydrogens (primary N) is 1. The van der Waals surface area contributed by atoms with Crippen LogP contribution < -0.4 is 5.73 Å². The molecular weight excluding hydrogens is 148 g/mol. The second kappa shape index (κ2) is 5.16. The van der Waals surface area contributed by atoms with Crippen LogP contribution in [0.1, 0.15) is 44.9 Å². The normalized spacial score (nSPS) is 22.7. The average Bonchev–Trinajstić information content (AvgIpc) is 2.33. The van der Waals surface area contributed by atoms with Crippen LogP contribution >= 0.6 is 0 Å². The zero-order valence-electron chi connectivity index (χ0n) is 7.63. The maximum Gasteiger partial charge on any atom is 0.0930 e. The van der Waals surface area contributed by atoms with Gasteiger partial charge in [0, 0.05) is 0 Å². The van der Waals surface area contributed by atoms with Crippen molar-refractivity contribution in [2.75, 3.05) is 0 Å². The fourth-order valence-corrected chi connectivity index (χ4v) is 2.01. The first-order chi connectivity index (χ1) is 5.83. The Morgan fingerprint density at radius 1 is 1.25 bits per heavy atom. The van der Waals surface area contributed by atoms with Gasteiger partial charge in [0.25, 0.3) is 0 Å². The molecular formula is C10H18N2. The predicted octanol–water partition coefficient (Wildman–Crippen LogP) is 2.20. The standard InChI is InChI=1S/C10H18N2/c11-8-10(12)7-9-5-3-1-2-4-6-9/h9-10H,1-7,12H2. The summed E-state index contributed by atoms with van der Waals surface area (Å²) in [4.78, 5) is 0. The molecule has 1 saturated carbocycles. The van der Waals surface area contributed by atoms with Gasteiger partial charge in [0.05, 0.1) is 12.1 Å². The fraction of sp³-hybridized carbons (Fsp3) is 0.900. The van der Waals surface area contributed by atoms with E-state index in [1.807, 2.05) is 0 Å². The molecule has 0 spiro atoms. The van der Waals surface area contributed by atoms with Crippen LogP contribution in [0.2, 0.25) is 0 Å². The lowest BCUT2D eigenvalue weighted by Crippen LogP contribution is -2.21. The van der Waals surface area contributed by atoms with Crippen LogP contribution in [0.3, 0.4) is 0 Å². The minimum Gasteiger partial charge on any atom is -0.316 e. The first-order valence-corrected chi connectivity index (χ1v) is 4.98. The zero-order valence-corrected chi connectivity index (χ0v) is 7.63. The first-order valence-electron chi connectivity index (χ1n) is 4.98. The van der Waals surface area contributed by atoms with Crippen LogP contribution in [0.25, 0.3) is 0 Å². The van der Waals surface area contributed by atoms with Gasteiger partial charge in [-0.3, -0.25) is 0 Å². The van der Waals surface area contributed by atoms with Gasteiger partial charge in [-0.25, -0.2) is 0 Å². The molecule has 68 valence electrons. The van der Waals surface area contributed by atoms with E-state index in [1.165, 1.54) is 38.5 Å². The van der Waals surface area contributed by atoms with Gasteiger partial charge in [-0.15, -0.1) is 0 Å². The molecule has 0 aromatic carbocycles. The van der Waals surface area contributed by atoms with Crippen LogP contribution in [0.4, 0.5) is 0 Å². The second-order valence-corrected chi connectivity index (χ2v) is 3.83. The minimum absolute atomic E-state index is 0.229. The second-order valence-electron chi connectivity index (χ2n) is 3.83. The third kappa shape index (κ3) is 3.23. The van der Waals surface area contributed by atoms with E-state index >= 15 is 0 Å². The topological polar surface area (TPSA) is 49.8 Å². The summed E-state index contributed by atoms with van der Waals surface area (Å²) in [5, 5.41) is 8.56. The molecule has 1 fully saturated rings. The molecule has 0 aromatic heterocycles. The molecule has 0 aliphatic heterocycles. The highest BCUT2D eigenvalue weighted by Gasteiger charge is 2.14. The van der Waals surface area contributed by atoms with Crippen LogP contribution in [0.15, 0.2) is 0 Å². The molecule has 2 N–H and O–H groups in total. The number of hydrogen-bond acceptors (Lipinski definition) is 2. The molecule has 1 aliphatic carbocycles. The van der Waals surface area contributed by atoms with E-state index in [9.17, 15) is 0 Å². The molecule has 2 nitrogen and oxygen atoms in total. The summed E-state index contributed by atoms with van der Waals surface area (Å²) in [5.41, 5.74) is 5.59. The zero-order chi connectivity index (χ0) is 8.81. The van der Waals surface area contributed by atoms with E-state index in [2.05, 4.69) is 6.07 Å². The van der Waals surface area contributed by atoms with E-state index in [0.29, 0.717) is 0 Å². The molecule has 12 heavy (non-hydrogen) atoms. The fourth-order valence-electron chi connectivity index (χ4n) is 2.01. The summed E-state index contributed by atoms with van der Waals surface area (Å²) in [6.45, 7) is 0. The Morgan fingerprint density at radius 2 is 1.83 bits per heavy atom. The number of nitrogens with zero attached hydrogens (tertiary/aromatic N) is 1. The lowest BCUT2D eigenvalue weighted by atomic mass is 9.93. The van der Waals surface area contributed by atoms with Crippen molar-refractivity contribution in [3.8, 4) is 6.07 Å². The Morgan fingerprint density at radius 3 is 2.33 bits per heavy atom. The lowest BCUT2D eigenvalue weighted by Gasteiger charge is -2.14. The largest absolute Gasteiger partial charge is 0.316 e. The molecule has 0 radical (unpaired) electrons. The number of rotatable bonds is 2. The van der Waals surface area contributed by atoms with Crippen molar-refractivity contribution >= 4 is 0 Å². The van der Waals surface area contributed by atoms with Crippen molar-refractivity contribution in [1.29, 1.82) is 5.26 Å². The Balaban J connectivity index is 2.25. The highest BCUT2D eigenvalue weighted by atomic mass is 14.6. The van der Waals surface area contributed by atoms with Gasteiger partial charge < -0.3 is 5.73 Å². The summed E-state index contributed by atoms with van der Waals surface area (Å²) in [5.74, 6) is 0.724. The van der Waals surface area contributed by atoms with Crippen LogP contribution in [-0.4, -0.2) is 6.04 Å². The van der Waals surface area contributed by atoms with Crippen molar-refractivity contribution in [1.82, 2.24) is 0 Å². The van der Waals surface area contributed by atoms with E-state index < -0.39 is 0 Å². The number of hydrogen-bond donors (Lipinski definition) is 1. The molecule has 0 saturated heterocycles. The Kier molecular flexibility index (Phi) is 4.10. The number of nitriles is 1. The summed E-state index contributed by atoms with van der Waals surface area (Å²) in [6, 6.07) is 1.88. The van der Waals surface area contributed by atoms with Crippen molar-refractivity contribution in [3.63, 3.8) is 0 Å². The smallest absolute Gasteiger partial charge is 0.0930 e.